The van der Waals surface area contributed by atoms with E-state index in [1.54, 1.807) is 0 Å². The number of rotatable bonds is 4. The van der Waals surface area contributed by atoms with E-state index >= 15 is 0 Å². The van der Waals surface area contributed by atoms with Gasteiger partial charge in [0.2, 0.25) is 0 Å². The Balaban J connectivity index is 1.73. The molecule has 1 saturated heterocycles. The van der Waals surface area contributed by atoms with Crippen molar-refractivity contribution in [1.29, 1.82) is 0 Å². The lowest BCUT2D eigenvalue weighted by molar-refractivity contribution is 0.150. The molecule has 20 heavy (non-hydrogen) atoms. The number of hydrogen-bond donors (Lipinski definition) is 0. The standard InChI is InChI=1S/C16H24N4/c1-3-16-17-14-6-4-5-7-15(14)20(16)13-12-19-10-8-18(2)9-11-19/h4-7H,3,8-13H2,1-2H3. The van der Waals surface area contributed by atoms with Gasteiger partial charge < -0.3 is 9.47 Å². The number of para-hydroxylation sites is 2. The van der Waals surface area contributed by atoms with Gasteiger partial charge in [-0.05, 0) is 19.2 Å². The lowest BCUT2D eigenvalue weighted by atomic mass is 10.3. The van der Waals surface area contributed by atoms with Crippen LogP contribution >= 0.6 is 0 Å². The molecular formula is C16H24N4. The van der Waals surface area contributed by atoms with Gasteiger partial charge in [0.15, 0.2) is 0 Å². The van der Waals surface area contributed by atoms with E-state index in [0.29, 0.717) is 0 Å². The lowest BCUT2D eigenvalue weighted by Crippen LogP contribution is -2.45. The highest BCUT2D eigenvalue weighted by molar-refractivity contribution is 5.75. The van der Waals surface area contributed by atoms with E-state index in [1.807, 2.05) is 0 Å². The molecule has 0 amide bonds. The Labute approximate surface area is 121 Å². The van der Waals surface area contributed by atoms with Crippen molar-refractivity contribution in [2.45, 2.75) is 19.9 Å². The molecule has 2 aromatic rings. The van der Waals surface area contributed by atoms with Gasteiger partial charge in [-0.25, -0.2) is 4.98 Å². The van der Waals surface area contributed by atoms with E-state index in [4.69, 9.17) is 4.98 Å². The molecule has 0 saturated carbocycles. The maximum atomic E-state index is 4.74. The van der Waals surface area contributed by atoms with Crippen molar-refractivity contribution in [3.63, 3.8) is 0 Å². The van der Waals surface area contributed by atoms with E-state index in [2.05, 4.69) is 52.6 Å². The summed E-state index contributed by atoms with van der Waals surface area (Å²) in [6, 6.07) is 8.47. The van der Waals surface area contributed by atoms with E-state index < -0.39 is 0 Å². The minimum absolute atomic E-state index is 0.997. The third kappa shape index (κ3) is 2.72. The fourth-order valence-electron chi connectivity index (χ4n) is 2.96. The average molecular weight is 272 g/mol. The van der Waals surface area contributed by atoms with Gasteiger partial charge in [-0.15, -0.1) is 0 Å². The van der Waals surface area contributed by atoms with E-state index in [9.17, 15) is 0 Å². The summed E-state index contributed by atoms with van der Waals surface area (Å²) in [7, 11) is 2.20. The third-order valence-electron chi connectivity index (χ3n) is 4.29. The zero-order valence-electron chi connectivity index (χ0n) is 12.5. The van der Waals surface area contributed by atoms with Crippen LogP contribution in [-0.4, -0.2) is 59.1 Å². The number of piperazine rings is 1. The van der Waals surface area contributed by atoms with Crippen molar-refractivity contribution in [2.24, 2.45) is 0 Å². The Morgan fingerprint density at radius 1 is 1.05 bits per heavy atom. The predicted octanol–water partition coefficient (Wildman–Crippen LogP) is 1.85. The Morgan fingerprint density at radius 3 is 2.55 bits per heavy atom. The van der Waals surface area contributed by atoms with Gasteiger partial charge in [-0.3, -0.25) is 4.90 Å². The molecule has 4 heteroatoms. The van der Waals surface area contributed by atoms with Crippen LogP contribution in [0.15, 0.2) is 24.3 Å². The quantitative estimate of drug-likeness (QED) is 0.849. The predicted molar refractivity (Wildman–Crippen MR) is 83.0 cm³/mol. The summed E-state index contributed by atoms with van der Waals surface area (Å²) in [5.41, 5.74) is 2.40. The summed E-state index contributed by atoms with van der Waals surface area (Å²) < 4.78 is 2.40. The zero-order chi connectivity index (χ0) is 13.9. The second-order valence-electron chi connectivity index (χ2n) is 5.67. The number of fused-ring (bicyclic) bond motifs is 1. The van der Waals surface area contributed by atoms with Gasteiger partial charge in [0.25, 0.3) is 0 Å². The maximum Gasteiger partial charge on any atom is 0.109 e. The van der Waals surface area contributed by atoms with Gasteiger partial charge in [0.05, 0.1) is 11.0 Å². The number of aromatic nitrogens is 2. The number of hydrogen-bond acceptors (Lipinski definition) is 3. The molecule has 0 unspecified atom stereocenters. The van der Waals surface area contributed by atoms with Crippen molar-refractivity contribution < 1.29 is 0 Å². The van der Waals surface area contributed by atoms with Crippen molar-refractivity contribution >= 4 is 11.0 Å². The first kappa shape index (κ1) is 13.6. The van der Waals surface area contributed by atoms with E-state index in [1.165, 1.54) is 37.5 Å². The number of aryl methyl sites for hydroxylation is 1. The Hall–Kier alpha value is -1.39. The monoisotopic (exact) mass is 272 g/mol. The Morgan fingerprint density at radius 2 is 1.80 bits per heavy atom. The number of likely N-dealkylation sites (N-methyl/N-ethyl adjacent to an activating group) is 1. The van der Waals surface area contributed by atoms with Crippen LogP contribution in [0.5, 0.6) is 0 Å². The molecule has 4 nitrogen and oxygen atoms in total. The Kier molecular flexibility index (Phi) is 4.03. The van der Waals surface area contributed by atoms with Crippen LogP contribution in [0.2, 0.25) is 0 Å². The summed E-state index contributed by atoms with van der Waals surface area (Å²) in [6.07, 6.45) is 0.997. The summed E-state index contributed by atoms with van der Waals surface area (Å²) in [6.45, 7) is 9.11. The SMILES string of the molecule is CCc1nc2ccccc2n1CCN1CCN(C)CC1. The summed E-state index contributed by atoms with van der Waals surface area (Å²) >= 11 is 0. The molecule has 1 fully saturated rings. The first-order valence-corrected chi connectivity index (χ1v) is 7.63. The molecule has 0 atom stereocenters. The summed E-state index contributed by atoms with van der Waals surface area (Å²) in [5, 5.41) is 0. The fourth-order valence-corrected chi connectivity index (χ4v) is 2.96. The van der Waals surface area contributed by atoms with Crippen LogP contribution < -0.4 is 0 Å². The number of imidazole rings is 1. The number of nitrogens with zero attached hydrogens (tertiary/aromatic N) is 4. The molecule has 108 valence electrons. The average Bonchev–Trinajstić information content (AvgIpc) is 2.84. The molecule has 1 aromatic heterocycles. The molecule has 2 heterocycles. The van der Waals surface area contributed by atoms with Gasteiger partial charge in [0.1, 0.15) is 5.82 Å². The Bertz CT molecular complexity index is 567. The second-order valence-corrected chi connectivity index (χ2v) is 5.67. The van der Waals surface area contributed by atoms with Crippen molar-refractivity contribution in [3.05, 3.63) is 30.1 Å². The van der Waals surface area contributed by atoms with Crippen molar-refractivity contribution in [3.8, 4) is 0 Å². The van der Waals surface area contributed by atoms with Crippen LogP contribution in [0.4, 0.5) is 0 Å². The van der Waals surface area contributed by atoms with Crippen LogP contribution in [0, 0.1) is 0 Å². The normalized spacial score (nSPS) is 17.9. The van der Waals surface area contributed by atoms with Crippen LogP contribution in [0.1, 0.15) is 12.7 Å². The lowest BCUT2D eigenvalue weighted by Gasteiger charge is -2.32. The van der Waals surface area contributed by atoms with E-state index in [-0.39, 0.29) is 0 Å². The van der Waals surface area contributed by atoms with Gasteiger partial charge in [-0.2, -0.15) is 0 Å². The fraction of sp³-hybridized carbons (Fsp3) is 0.562. The van der Waals surface area contributed by atoms with E-state index in [0.717, 1.165) is 25.0 Å². The van der Waals surface area contributed by atoms with Crippen LogP contribution in [0.25, 0.3) is 11.0 Å². The highest BCUT2D eigenvalue weighted by Crippen LogP contribution is 2.16. The molecule has 0 aliphatic carbocycles. The highest BCUT2D eigenvalue weighted by Gasteiger charge is 2.15. The molecule has 3 rings (SSSR count). The highest BCUT2D eigenvalue weighted by atomic mass is 15.3. The largest absolute Gasteiger partial charge is 0.327 e. The molecule has 0 spiro atoms. The molecule has 0 radical (unpaired) electrons. The maximum absolute atomic E-state index is 4.74. The summed E-state index contributed by atoms with van der Waals surface area (Å²) in [4.78, 5) is 9.71. The molecule has 0 bridgehead atoms. The topological polar surface area (TPSA) is 24.3 Å². The van der Waals surface area contributed by atoms with Crippen molar-refractivity contribution in [2.75, 3.05) is 39.8 Å². The van der Waals surface area contributed by atoms with Gasteiger partial charge >= 0.3 is 0 Å². The molecule has 1 aliphatic rings. The smallest absolute Gasteiger partial charge is 0.109 e. The molecular weight excluding hydrogens is 248 g/mol. The summed E-state index contributed by atoms with van der Waals surface area (Å²) in [5.74, 6) is 1.21. The molecule has 1 aliphatic heterocycles. The zero-order valence-corrected chi connectivity index (χ0v) is 12.5. The first-order valence-electron chi connectivity index (χ1n) is 7.63. The molecule has 1 aromatic carbocycles. The third-order valence-corrected chi connectivity index (χ3v) is 4.29. The minimum atomic E-state index is 0.997. The van der Waals surface area contributed by atoms with Crippen LogP contribution in [0.3, 0.4) is 0 Å². The number of benzene rings is 1. The van der Waals surface area contributed by atoms with Crippen LogP contribution in [-0.2, 0) is 13.0 Å². The van der Waals surface area contributed by atoms with Gasteiger partial charge in [0, 0.05) is 45.7 Å². The van der Waals surface area contributed by atoms with Gasteiger partial charge in [-0.1, -0.05) is 19.1 Å². The first-order chi connectivity index (χ1) is 9.78. The second kappa shape index (κ2) is 5.94. The molecule has 0 N–H and O–H groups in total. The van der Waals surface area contributed by atoms with Crippen molar-refractivity contribution in [1.82, 2.24) is 19.4 Å². The minimum Gasteiger partial charge on any atom is -0.327 e.